The van der Waals surface area contributed by atoms with Gasteiger partial charge in [0.15, 0.2) is 0 Å². The van der Waals surface area contributed by atoms with E-state index in [0.29, 0.717) is 5.82 Å². The van der Waals surface area contributed by atoms with E-state index in [1.807, 2.05) is 12.1 Å². The Hall–Kier alpha value is -2.43. The molecule has 102 valence electrons. The van der Waals surface area contributed by atoms with Crippen molar-refractivity contribution >= 4 is 5.84 Å². The van der Waals surface area contributed by atoms with E-state index < -0.39 is 0 Å². The van der Waals surface area contributed by atoms with Gasteiger partial charge in [-0.1, -0.05) is 18.2 Å². The second-order valence-corrected chi connectivity index (χ2v) is 4.65. The Balaban J connectivity index is 2.09. The molecule has 20 heavy (non-hydrogen) atoms. The fraction of sp³-hybridized carbons (Fsp3) is 0.267. The third kappa shape index (κ3) is 2.47. The number of amidine groups is 1. The first-order valence-electron chi connectivity index (χ1n) is 6.69. The maximum Gasteiger partial charge on any atom is 0.143 e. The molecule has 0 saturated carbocycles. The molecule has 0 saturated heterocycles. The lowest BCUT2D eigenvalue weighted by atomic mass is 9.95. The SMILES string of the molecule is Oc1ccccc1C(C1=NCCCN1)c1ncccn1. The minimum absolute atomic E-state index is 0.236. The minimum Gasteiger partial charge on any atom is -0.508 e. The van der Waals surface area contributed by atoms with Gasteiger partial charge in [-0.25, -0.2) is 9.97 Å². The van der Waals surface area contributed by atoms with Crippen molar-refractivity contribution in [2.24, 2.45) is 4.99 Å². The lowest BCUT2D eigenvalue weighted by Crippen LogP contribution is -2.35. The Morgan fingerprint density at radius 1 is 1.10 bits per heavy atom. The third-order valence-corrected chi connectivity index (χ3v) is 3.29. The summed E-state index contributed by atoms with van der Waals surface area (Å²) >= 11 is 0. The van der Waals surface area contributed by atoms with Gasteiger partial charge in [0, 0.05) is 31.0 Å². The van der Waals surface area contributed by atoms with Crippen molar-refractivity contribution < 1.29 is 5.11 Å². The molecule has 1 unspecified atom stereocenters. The Bertz CT molecular complexity index is 612. The van der Waals surface area contributed by atoms with Crippen LogP contribution < -0.4 is 5.32 Å². The van der Waals surface area contributed by atoms with Crippen LogP contribution >= 0.6 is 0 Å². The van der Waals surface area contributed by atoms with Crippen LogP contribution in [0.3, 0.4) is 0 Å². The highest BCUT2D eigenvalue weighted by Gasteiger charge is 2.26. The molecule has 0 spiro atoms. The van der Waals surface area contributed by atoms with Crippen LogP contribution in [0, 0.1) is 0 Å². The molecule has 0 aliphatic carbocycles. The molecule has 2 N–H and O–H groups in total. The number of para-hydroxylation sites is 1. The van der Waals surface area contributed by atoms with Crippen molar-refractivity contribution in [2.75, 3.05) is 13.1 Å². The van der Waals surface area contributed by atoms with Gasteiger partial charge in [-0.15, -0.1) is 0 Å². The van der Waals surface area contributed by atoms with Gasteiger partial charge in [0.25, 0.3) is 0 Å². The molecule has 1 aromatic carbocycles. The molecule has 0 fully saturated rings. The maximum atomic E-state index is 10.1. The van der Waals surface area contributed by atoms with Gasteiger partial charge < -0.3 is 10.4 Å². The molecule has 2 aromatic rings. The first-order valence-corrected chi connectivity index (χ1v) is 6.69. The van der Waals surface area contributed by atoms with E-state index in [1.54, 1.807) is 30.6 Å². The summed E-state index contributed by atoms with van der Waals surface area (Å²) in [6, 6.07) is 9.04. The second kappa shape index (κ2) is 5.69. The Morgan fingerprint density at radius 3 is 2.60 bits per heavy atom. The monoisotopic (exact) mass is 268 g/mol. The molecule has 1 aliphatic rings. The predicted molar refractivity (Wildman–Crippen MR) is 76.9 cm³/mol. The topological polar surface area (TPSA) is 70.4 Å². The number of aromatic nitrogens is 2. The smallest absolute Gasteiger partial charge is 0.143 e. The predicted octanol–water partition coefficient (Wildman–Crippen LogP) is 1.71. The van der Waals surface area contributed by atoms with Crippen molar-refractivity contribution in [1.82, 2.24) is 15.3 Å². The number of phenols is 1. The van der Waals surface area contributed by atoms with Crippen LogP contribution in [0.2, 0.25) is 0 Å². The summed E-state index contributed by atoms with van der Waals surface area (Å²) in [5.41, 5.74) is 0.770. The zero-order valence-corrected chi connectivity index (χ0v) is 11.0. The van der Waals surface area contributed by atoms with Crippen LogP contribution in [-0.2, 0) is 0 Å². The number of aliphatic imine (C=N–C) groups is 1. The van der Waals surface area contributed by atoms with Gasteiger partial charge in [0.2, 0.25) is 0 Å². The van der Waals surface area contributed by atoms with Crippen LogP contribution in [0.25, 0.3) is 0 Å². The largest absolute Gasteiger partial charge is 0.508 e. The molecule has 0 radical (unpaired) electrons. The molecule has 1 aliphatic heterocycles. The lowest BCUT2D eigenvalue weighted by Gasteiger charge is -2.23. The Morgan fingerprint density at radius 2 is 1.90 bits per heavy atom. The minimum atomic E-state index is -0.252. The average Bonchev–Trinajstić information content (AvgIpc) is 2.52. The number of phenolic OH excluding ortho intramolecular Hbond substituents is 1. The van der Waals surface area contributed by atoms with E-state index in [-0.39, 0.29) is 11.7 Å². The molecule has 1 aromatic heterocycles. The maximum absolute atomic E-state index is 10.1. The number of rotatable bonds is 3. The number of hydrogen-bond donors (Lipinski definition) is 2. The number of nitrogens with zero attached hydrogens (tertiary/aromatic N) is 3. The second-order valence-electron chi connectivity index (χ2n) is 4.65. The first-order chi connectivity index (χ1) is 9.86. The zero-order valence-electron chi connectivity index (χ0n) is 11.0. The van der Waals surface area contributed by atoms with E-state index in [2.05, 4.69) is 20.3 Å². The number of hydrogen-bond acceptors (Lipinski definition) is 5. The molecule has 0 amide bonds. The molecule has 2 heterocycles. The van der Waals surface area contributed by atoms with Crippen molar-refractivity contribution in [2.45, 2.75) is 12.3 Å². The van der Waals surface area contributed by atoms with Gasteiger partial charge in [0.1, 0.15) is 23.3 Å². The van der Waals surface area contributed by atoms with E-state index in [1.165, 1.54) is 0 Å². The van der Waals surface area contributed by atoms with E-state index in [9.17, 15) is 5.11 Å². The summed E-state index contributed by atoms with van der Waals surface area (Å²) in [5.74, 6) is 1.45. The Kier molecular flexibility index (Phi) is 3.58. The van der Waals surface area contributed by atoms with Gasteiger partial charge >= 0.3 is 0 Å². The zero-order chi connectivity index (χ0) is 13.8. The highest BCUT2D eigenvalue weighted by Crippen LogP contribution is 2.30. The van der Waals surface area contributed by atoms with Crippen LogP contribution in [0.5, 0.6) is 5.75 Å². The highest BCUT2D eigenvalue weighted by molar-refractivity contribution is 5.92. The van der Waals surface area contributed by atoms with Crippen molar-refractivity contribution in [3.05, 3.63) is 54.1 Å². The van der Waals surface area contributed by atoms with Crippen molar-refractivity contribution in [3.8, 4) is 5.75 Å². The standard InChI is InChI=1S/C15H16N4O/c20-12-6-2-1-5-11(12)13(14-16-7-3-8-17-14)15-18-9-4-10-19-15/h1-3,5-8,13,20H,4,9-10H2,(H,18,19). The summed E-state index contributed by atoms with van der Waals surface area (Å²) < 4.78 is 0. The van der Waals surface area contributed by atoms with Crippen molar-refractivity contribution in [3.63, 3.8) is 0 Å². The fourth-order valence-electron chi connectivity index (χ4n) is 2.34. The van der Waals surface area contributed by atoms with Gasteiger partial charge in [0.05, 0.1) is 0 Å². The van der Waals surface area contributed by atoms with Crippen LogP contribution in [0.1, 0.15) is 23.7 Å². The molecule has 0 bridgehead atoms. The van der Waals surface area contributed by atoms with Gasteiger partial charge in [-0.05, 0) is 18.6 Å². The molecule has 5 nitrogen and oxygen atoms in total. The van der Waals surface area contributed by atoms with E-state index in [4.69, 9.17) is 0 Å². The lowest BCUT2D eigenvalue weighted by molar-refractivity contribution is 0.467. The Labute approximate surface area is 117 Å². The molecular formula is C15H16N4O. The van der Waals surface area contributed by atoms with Crippen LogP contribution in [0.15, 0.2) is 47.7 Å². The first kappa shape index (κ1) is 12.6. The quantitative estimate of drug-likeness (QED) is 0.889. The molecule has 1 atom stereocenters. The molecule has 5 heteroatoms. The summed E-state index contributed by atoms with van der Waals surface area (Å²) in [6.45, 7) is 1.68. The van der Waals surface area contributed by atoms with Crippen molar-refractivity contribution in [1.29, 1.82) is 0 Å². The summed E-state index contributed by atoms with van der Waals surface area (Å²) in [4.78, 5) is 13.2. The highest BCUT2D eigenvalue weighted by atomic mass is 16.3. The van der Waals surface area contributed by atoms with E-state index in [0.717, 1.165) is 30.9 Å². The third-order valence-electron chi connectivity index (χ3n) is 3.29. The summed E-state index contributed by atoms with van der Waals surface area (Å²) in [7, 11) is 0. The normalized spacial score (nSPS) is 16.1. The number of nitrogens with one attached hydrogen (secondary N) is 1. The summed E-state index contributed by atoms with van der Waals surface area (Å²) in [6.07, 6.45) is 4.43. The van der Waals surface area contributed by atoms with Crippen LogP contribution in [0.4, 0.5) is 0 Å². The number of aromatic hydroxyl groups is 1. The van der Waals surface area contributed by atoms with Crippen LogP contribution in [-0.4, -0.2) is 34.0 Å². The van der Waals surface area contributed by atoms with Gasteiger partial charge in [-0.2, -0.15) is 0 Å². The molecular weight excluding hydrogens is 252 g/mol. The average molecular weight is 268 g/mol. The fourth-order valence-corrected chi connectivity index (χ4v) is 2.34. The van der Waals surface area contributed by atoms with E-state index >= 15 is 0 Å². The summed E-state index contributed by atoms with van der Waals surface area (Å²) in [5, 5.41) is 13.4. The number of benzene rings is 1. The molecule has 3 rings (SSSR count). The van der Waals surface area contributed by atoms with Gasteiger partial charge in [-0.3, -0.25) is 4.99 Å².